The lowest BCUT2D eigenvalue weighted by Gasteiger charge is -2.20. The Morgan fingerprint density at radius 1 is 1.21 bits per heavy atom. The molecule has 0 aliphatic carbocycles. The molecule has 1 heterocycles. The molecule has 0 radical (unpaired) electrons. The molecule has 0 spiro atoms. The van der Waals surface area contributed by atoms with Crippen molar-refractivity contribution in [3.8, 4) is 5.75 Å². The number of benzene rings is 1. The summed E-state index contributed by atoms with van der Waals surface area (Å²) in [5.41, 5.74) is 2.99. The first kappa shape index (κ1) is 13.7. The molecule has 1 aromatic heterocycles. The van der Waals surface area contributed by atoms with Crippen LogP contribution in [0.5, 0.6) is 5.75 Å². The Balaban J connectivity index is 2.21. The molecule has 0 aliphatic rings. The van der Waals surface area contributed by atoms with E-state index in [-0.39, 0.29) is 11.8 Å². The second-order valence-corrected chi connectivity index (χ2v) is 4.85. The minimum absolute atomic E-state index is 0.183. The highest BCUT2D eigenvalue weighted by Gasteiger charge is 2.11. The van der Waals surface area contributed by atoms with Crippen molar-refractivity contribution in [2.24, 2.45) is 0 Å². The van der Waals surface area contributed by atoms with Gasteiger partial charge in [0.15, 0.2) is 0 Å². The first-order valence-electron chi connectivity index (χ1n) is 6.28. The number of hydrogen-bond acceptors (Lipinski definition) is 3. The topological polar surface area (TPSA) is 45.2 Å². The molecule has 2 N–H and O–H groups in total. The number of aromatic hydroxyl groups is 1. The lowest BCUT2D eigenvalue weighted by Crippen LogP contribution is -2.10. The van der Waals surface area contributed by atoms with E-state index in [0.29, 0.717) is 5.15 Å². The van der Waals surface area contributed by atoms with Crippen LogP contribution in [0.1, 0.15) is 30.6 Å². The first-order chi connectivity index (χ1) is 9.10. The third-order valence-corrected chi connectivity index (χ3v) is 3.30. The fourth-order valence-electron chi connectivity index (χ4n) is 2.00. The van der Waals surface area contributed by atoms with Gasteiger partial charge in [-0.3, -0.25) is 0 Å². The molecule has 19 heavy (non-hydrogen) atoms. The number of aromatic nitrogens is 1. The molecule has 2 aromatic rings. The maximum Gasteiger partial charge on any atom is 0.129 e. The Morgan fingerprint density at radius 2 is 1.89 bits per heavy atom. The van der Waals surface area contributed by atoms with Gasteiger partial charge in [0.1, 0.15) is 10.9 Å². The van der Waals surface area contributed by atoms with Crippen molar-refractivity contribution in [2.75, 3.05) is 5.32 Å². The zero-order valence-corrected chi connectivity index (χ0v) is 11.8. The number of nitrogens with one attached hydrogen (secondary N) is 1. The van der Waals surface area contributed by atoms with Gasteiger partial charge in [-0.05, 0) is 43.2 Å². The highest BCUT2D eigenvalue weighted by molar-refractivity contribution is 6.29. The fourth-order valence-corrected chi connectivity index (χ4v) is 2.19. The Morgan fingerprint density at radius 3 is 2.47 bits per heavy atom. The molecule has 0 aliphatic heterocycles. The second-order valence-electron chi connectivity index (χ2n) is 4.46. The van der Waals surface area contributed by atoms with E-state index >= 15 is 0 Å². The van der Waals surface area contributed by atoms with Gasteiger partial charge in [0.05, 0.1) is 17.4 Å². The van der Waals surface area contributed by atoms with Crippen LogP contribution < -0.4 is 5.32 Å². The number of rotatable bonds is 4. The zero-order valence-electron chi connectivity index (χ0n) is 11.0. The predicted molar refractivity (Wildman–Crippen MR) is 78.7 cm³/mol. The summed E-state index contributed by atoms with van der Waals surface area (Å²) < 4.78 is 0. The van der Waals surface area contributed by atoms with Crippen molar-refractivity contribution in [3.05, 3.63) is 52.8 Å². The third-order valence-electron chi connectivity index (χ3n) is 3.09. The number of anilines is 1. The Kier molecular flexibility index (Phi) is 4.27. The Labute approximate surface area is 118 Å². The molecule has 0 bridgehead atoms. The number of phenolic OH excluding ortho intramolecular Hbond substituents is 1. The number of halogens is 1. The van der Waals surface area contributed by atoms with Crippen molar-refractivity contribution >= 4 is 17.3 Å². The molecular weight excluding hydrogens is 260 g/mol. The van der Waals surface area contributed by atoms with Gasteiger partial charge in [0.2, 0.25) is 0 Å². The highest BCUT2D eigenvalue weighted by atomic mass is 35.5. The summed E-state index contributed by atoms with van der Waals surface area (Å²) >= 11 is 5.86. The van der Waals surface area contributed by atoms with Crippen LogP contribution in [0.25, 0.3) is 0 Å². The third kappa shape index (κ3) is 3.38. The minimum Gasteiger partial charge on any atom is -0.508 e. The average Bonchev–Trinajstić information content (AvgIpc) is 2.39. The van der Waals surface area contributed by atoms with Gasteiger partial charge in [-0.2, -0.15) is 0 Å². The standard InChI is InChI=1S/C15H17ClN2O/c1-3-13(11-4-6-12(19)7-5-11)18-14-8-9-15(16)17-10(14)2/h4-9,13,18-19H,3H2,1-2H3. The molecule has 4 heteroatoms. The predicted octanol–water partition coefficient (Wildman–Crippen LogP) is 4.31. The van der Waals surface area contributed by atoms with Crippen molar-refractivity contribution in [2.45, 2.75) is 26.3 Å². The minimum atomic E-state index is 0.183. The number of aryl methyl sites for hydroxylation is 1. The van der Waals surface area contributed by atoms with E-state index in [4.69, 9.17) is 11.6 Å². The van der Waals surface area contributed by atoms with E-state index in [9.17, 15) is 5.11 Å². The SMILES string of the molecule is CCC(Nc1ccc(Cl)nc1C)c1ccc(O)cc1. The zero-order chi connectivity index (χ0) is 13.8. The van der Waals surface area contributed by atoms with Crippen LogP contribution in [0, 0.1) is 6.92 Å². The van der Waals surface area contributed by atoms with Crippen LogP contribution in [-0.2, 0) is 0 Å². The molecule has 2 rings (SSSR count). The molecule has 1 unspecified atom stereocenters. The van der Waals surface area contributed by atoms with E-state index in [1.54, 1.807) is 18.2 Å². The quantitative estimate of drug-likeness (QED) is 0.818. The number of hydrogen-bond donors (Lipinski definition) is 2. The monoisotopic (exact) mass is 276 g/mol. The summed E-state index contributed by atoms with van der Waals surface area (Å²) in [5, 5.41) is 13.3. The van der Waals surface area contributed by atoms with Crippen LogP contribution in [-0.4, -0.2) is 10.1 Å². The summed E-state index contributed by atoms with van der Waals surface area (Å²) in [6, 6.07) is 11.2. The first-order valence-corrected chi connectivity index (χ1v) is 6.66. The van der Waals surface area contributed by atoms with Crippen LogP contribution in [0.2, 0.25) is 5.15 Å². The van der Waals surface area contributed by atoms with E-state index in [2.05, 4.69) is 17.2 Å². The van der Waals surface area contributed by atoms with Crippen molar-refractivity contribution in [1.29, 1.82) is 0 Å². The van der Waals surface area contributed by atoms with Gasteiger partial charge < -0.3 is 10.4 Å². The Bertz CT molecular complexity index is 555. The molecule has 1 atom stereocenters. The summed E-state index contributed by atoms with van der Waals surface area (Å²) in [6.45, 7) is 4.04. The molecule has 0 amide bonds. The molecule has 0 saturated carbocycles. The maximum atomic E-state index is 9.33. The van der Waals surface area contributed by atoms with E-state index < -0.39 is 0 Å². The van der Waals surface area contributed by atoms with Crippen LogP contribution >= 0.6 is 11.6 Å². The lowest BCUT2D eigenvalue weighted by molar-refractivity contribution is 0.475. The Hall–Kier alpha value is -1.74. The molecule has 0 fully saturated rings. The van der Waals surface area contributed by atoms with Gasteiger partial charge >= 0.3 is 0 Å². The number of pyridine rings is 1. The smallest absolute Gasteiger partial charge is 0.129 e. The average molecular weight is 277 g/mol. The van der Waals surface area contributed by atoms with E-state index in [1.807, 2.05) is 25.1 Å². The largest absolute Gasteiger partial charge is 0.508 e. The van der Waals surface area contributed by atoms with E-state index in [0.717, 1.165) is 23.4 Å². The van der Waals surface area contributed by atoms with Gasteiger partial charge in [-0.15, -0.1) is 0 Å². The molecule has 3 nitrogen and oxygen atoms in total. The summed E-state index contributed by atoms with van der Waals surface area (Å²) in [4.78, 5) is 4.23. The van der Waals surface area contributed by atoms with Gasteiger partial charge in [-0.1, -0.05) is 30.7 Å². The van der Waals surface area contributed by atoms with Crippen LogP contribution in [0.3, 0.4) is 0 Å². The van der Waals surface area contributed by atoms with Gasteiger partial charge in [0.25, 0.3) is 0 Å². The number of phenols is 1. The van der Waals surface area contributed by atoms with Crippen LogP contribution in [0.4, 0.5) is 5.69 Å². The van der Waals surface area contributed by atoms with Crippen molar-refractivity contribution in [3.63, 3.8) is 0 Å². The maximum absolute atomic E-state index is 9.33. The van der Waals surface area contributed by atoms with Crippen molar-refractivity contribution < 1.29 is 5.11 Å². The summed E-state index contributed by atoms with van der Waals surface area (Å²) in [6.07, 6.45) is 0.937. The van der Waals surface area contributed by atoms with Crippen LogP contribution in [0.15, 0.2) is 36.4 Å². The number of nitrogens with zero attached hydrogens (tertiary/aromatic N) is 1. The summed E-state index contributed by atoms with van der Waals surface area (Å²) in [7, 11) is 0. The fraction of sp³-hybridized carbons (Fsp3) is 0.267. The lowest BCUT2D eigenvalue weighted by atomic mass is 10.0. The molecule has 1 aromatic carbocycles. The summed E-state index contributed by atoms with van der Waals surface area (Å²) in [5.74, 6) is 0.281. The van der Waals surface area contributed by atoms with Crippen molar-refractivity contribution in [1.82, 2.24) is 4.98 Å². The van der Waals surface area contributed by atoms with E-state index in [1.165, 1.54) is 0 Å². The van der Waals surface area contributed by atoms with Gasteiger partial charge in [0, 0.05) is 0 Å². The molecule has 100 valence electrons. The second kappa shape index (κ2) is 5.93. The molecular formula is C15H17ClN2O. The van der Waals surface area contributed by atoms with Gasteiger partial charge in [-0.25, -0.2) is 4.98 Å². The molecule has 0 saturated heterocycles. The normalized spacial score (nSPS) is 12.2. The highest BCUT2D eigenvalue weighted by Crippen LogP contribution is 2.26.